The molecule has 2 saturated carbocycles. The summed E-state index contributed by atoms with van der Waals surface area (Å²) in [5, 5.41) is 12.5. The topological polar surface area (TPSA) is 35.8 Å². The van der Waals surface area contributed by atoms with Crippen LogP contribution in [0, 0.1) is 17.2 Å². The molecule has 0 amide bonds. The van der Waals surface area contributed by atoms with Crippen LogP contribution in [-0.2, 0) is 0 Å². The van der Waals surface area contributed by atoms with Gasteiger partial charge >= 0.3 is 0 Å². The van der Waals surface area contributed by atoms with Gasteiger partial charge in [0.25, 0.3) is 0 Å². The molecule has 13 heavy (non-hydrogen) atoms. The van der Waals surface area contributed by atoms with E-state index in [1.807, 2.05) is 0 Å². The standard InChI is InChI=1S/C11H18N2/c12-8-11(9-6-7-9)13-10-4-2-1-3-5-10/h9-11,13H,1-7H2. The SMILES string of the molecule is N#CC(NC1CCCCC1)C1CC1. The number of hydrogen-bond donors (Lipinski definition) is 1. The van der Waals surface area contributed by atoms with E-state index in [-0.39, 0.29) is 6.04 Å². The maximum atomic E-state index is 8.95. The third-order valence-corrected chi connectivity index (χ3v) is 3.25. The lowest BCUT2D eigenvalue weighted by molar-refractivity contribution is 0.346. The summed E-state index contributed by atoms with van der Waals surface area (Å²) < 4.78 is 0. The molecule has 0 radical (unpaired) electrons. The molecule has 1 atom stereocenters. The van der Waals surface area contributed by atoms with Gasteiger partial charge in [-0.3, -0.25) is 5.32 Å². The molecule has 0 saturated heterocycles. The van der Waals surface area contributed by atoms with Gasteiger partial charge in [0.2, 0.25) is 0 Å². The summed E-state index contributed by atoms with van der Waals surface area (Å²) in [4.78, 5) is 0. The second-order valence-corrected chi connectivity index (χ2v) is 4.45. The zero-order valence-electron chi connectivity index (χ0n) is 8.13. The second-order valence-electron chi connectivity index (χ2n) is 4.45. The minimum absolute atomic E-state index is 0.156. The van der Waals surface area contributed by atoms with Gasteiger partial charge in [0.1, 0.15) is 0 Å². The van der Waals surface area contributed by atoms with E-state index < -0.39 is 0 Å². The van der Waals surface area contributed by atoms with E-state index >= 15 is 0 Å². The van der Waals surface area contributed by atoms with Crippen molar-refractivity contribution in [2.75, 3.05) is 0 Å². The predicted octanol–water partition coefficient (Wildman–Crippen LogP) is 2.21. The molecule has 0 spiro atoms. The Labute approximate surface area is 80.3 Å². The summed E-state index contributed by atoms with van der Waals surface area (Å²) in [6.07, 6.45) is 9.17. The number of nitrogens with one attached hydrogen (secondary N) is 1. The summed E-state index contributed by atoms with van der Waals surface area (Å²) in [5.41, 5.74) is 0. The lowest BCUT2D eigenvalue weighted by Crippen LogP contribution is -2.39. The van der Waals surface area contributed by atoms with Gasteiger partial charge in [0.05, 0.1) is 12.1 Å². The van der Waals surface area contributed by atoms with Crippen LogP contribution in [0.4, 0.5) is 0 Å². The summed E-state index contributed by atoms with van der Waals surface area (Å²) in [5.74, 6) is 0.673. The number of rotatable bonds is 3. The first kappa shape index (κ1) is 9.02. The Morgan fingerprint density at radius 1 is 1.08 bits per heavy atom. The van der Waals surface area contributed by atoms with E-state index in [2.05, 4.69) is 11.4 Å². The smallest absolute Gasteiger partial charge is 0.0983 e. The summed E-state index contributed by atoms with van der Waals surface area (Å²) in [6, 6.07) is 3.19. The van der Waals surface area contributed by atoms with Gasteiger partial charge in [-0.1, -0.05) is 19.3 Å². The number of hydrogen-bond acceptors (Lipinski definition) is 2. The van der Waals surface area contributed by atoms with Crippen molar-refractivity contribution in [1.82, 2.24) is 5.32 Å². The van der Waals surface area contributed by atoms with E-state index in [4.69, 9.17) is 5.26 Å². The molecule has 0 aromatic carbocycles. The Morgan fingerprint density at radius 2 is 1.77 bits per heavy atom. The van der Waals surface area contributed by atoms with E-state index in [0.29, 0.717) is 12.0 Å². The highest BCUT2D eigenvalue weighted by Gasteiger charge is 2.32. The molecule has 72 valence electrons. The highest BCUT2D eigenvalue weighted by molar-refractivity contribution is 5.01. The van der Waals surface area contributed by atoms with Crippen molar-refractivity contribution in [3.8, 4) is 6.07 Å². The molecule has 2 rings (SSSR count). The number of nitriles is 1. The fourth-order valence-corrected chi connectivity index (χ4v) is 2.23. The zero-order chi connectivity index (χ0) is 9.10. The minimum atomic E-state index is 0.156. The van der Waals surface area contributed by atoms with Crippen molar-refractivity contribution in [2.24, 2.45) is 5.92 Å². The van der Waals surface area contributed by atoms with Gasteiger partial charge in [-0.2, -0.15) is 5.26 Å². The van der Waals surface area contributed by atoms with E-state index in [1.54, 1.807) is 0 Å². The van der Waals surface area contributed by atoms with Crippen LogP contribution in [0.1, 0.15) is 44.9 Å². The third kappa shape index (κ3) is 2.45. The molecular formula is C11H18N2. The van der Waals surface area contributed by atoms with Crippen molar-refractivity contribution in [3.63, 3.8) is 0 Å². The van der Waals surface area contributed by atoms with Gasteiger partial charge in [-0.15, -0.1) is 0 Å². The molecular weight excluding hydrogens is 160 g/mol. The predicted molar refractivity (Wildman–Crippen MR) is 52.1 cm³/mol. The van der Waals surface area contributed by atoms with Crippen molar-refractivity contribution >= 4 is 0 Å². The quantitative estimate of drug-likeness (QED) is 0.719. The number of nitrogens with zero attached hydrogens (tertiary/aromatic N) is 1. The Bertz CT molecular complexity index is 197. The Balaban J connectivity index is 1.77. The first-order valence-corrected chi connectivity index (χ1v) is 5.56. The fraction of sp³-hybridized carbons (Fsp3) is 0.909. The van der Waals surface area contributed by atoms with Gasteiger partial charge in [-0.05, 0) is 31.6 Å². The maximum absolute atomic E-state index is 8.95. The van der Waals surface area contributed by atoms with Crippen LogP contribution in [0.3, 0.4) is 0 Å². The molecule has 0 aliphatic heterocycles. The molecule has 0 aromatic rings. The third-order valence-electron chi connectivity index (χ3n) is 3.25. The first-order chi connectivity index (χ1) is 6.40. The molecule has 2 heteroatoms. The van der Waals surface area contributed by atoms with Crippen LogP contribution >= 0.6 is 0 Å². The Kier molecular flexibility index (Phi) is 2.85. The highest BCUT2D eigenvalue weighted by atomic mass is 15.0. The van der Waals surface area contributed by atoms with Gasteiger partial charge in [0.15, 0.2) is 0 Å². The van der Waals surface area contributed by atoms with Crippen LogP contribution in [0.2, 0.25) is 0 Å². The first-order valence-electron chi connectivity index (χ1n) is 5.56. The van der Waals surface area contributed by atoms with Crippen molar-refractivity contribution < 1.29 is 0 Å². The second kappa shape index (κ2) is 4.11. The van der Waals surface area contributed by atoms with Crippen molar-refractivity contribution in [2.45, 2.75) is 57.0 Å². The molecule has 2 nitrogen and oxygen atoms in total. The molecule has 2 aliphatic carbocycles. The van der Waals surface area contributed by atoms with Crippen molar-refractivity contribution in [1.29, 1.82) is 5.26 Å². The van der Waals surface area contributed by atoms with E-state index in [1.165, 1.54) is 44.9 Å². The van der Waals surface area contributed by atoms with Gasteiger partial charge in [-0.25, -0.2) is 0 Å². The molecule has 2 aliphatic rings. The van der Waals surface area contributed by atoms with E-state index in [9.17, 15) is 0 Å². The van der Waals surface area contributed by atoms with Crippen LogP contribution in [0.25, 0.3) is 0 Å². The average Bonchev–Trinajstić information content (AvgIpc) is 2.99. The largest absolute Gasteiger partial charge is 0.299 e. The van der Waals surface area contributed by atoms with Crippen LogP contribution in [-0.4, -0.2) is 12.1 Å². The van der Waals surface area contributed by atoms with Crippen molar-refractivity contribution in [3.05, 3.63) is 0 Å². The van der Waals surface area contributed by atoms with Crippen LogP contribution in [0.15, 0.2) is 0 Å². The normalized spacial score (nSPS) is 26.7. The Hall–Kier alpha value is -0.550. The lowest BCUT2D eigenvalue weighted by Gasteiger charge is -2.25. The fourth-order valence-electron chi connectivity index (χ4n) is 2.23. The summed E-state index contributed by atoms with van der Waals surface area (Å²) >= 11 is 0. The minimum Gasteiger partial charge on any atom is -0.299 e. The van der Waals surface area contributed by atoms with Crippen LogP contribution in [0.5, 0.6) is 0 Å². The van der Waals surface area contributed by atoms with Crippen LogP contribution < -0.4 is 5.32 Å². The Morgan fingerprint density at radius 3 is 2.31 bits per heavy atom. The van der Waals surface area contributed by atoms with Gasteiger partial charge in [0, 0.05) is 6.04 Å². The summed E-state index contributed by atoms with van der Waals surface area (Å²) in [6.45, 7) is 0. The molecule has 1 unspecified atom stereocenters. The molecule has 0 aromatic heterocycles. The average molecular weight is 178 g/mol. The van der Waals surface area contributed by atoms with Gasteiger partial charge < -0.3 is 0 Å². The molecule has 1 N–H and O–H groups in total. The summed E-state index contributed by atoms with van der Waals surface area (Å²) in [7, 11) is 0. The monoisotopic (exact) mass is 178 g/mol. The molecule has 0 bridgehead atoms. The lowest BCUT2D eigenvalue weighted by atomic mass is 9.94. The van der Waals surface area contributed by atoms with E-state index in [0.717, 1.165) is 0 Å². The highest BCUT2D eigenvalue weighted by Crippen LogP contribution is 2.33. The maximum Gasteiger partial charge on any atom is 0.0983 e. The molecule has 0 heterocycles. The molecule has 2 fully saturated rings. The zero-order valence-corrected chi connectivity index (χ0v) is 8.13.